The van der Waals surface area contributed by atoms with Gasteiger partial charge < -0.3 is 4.57 Å². The molecule has 0 aliphatic carbocycles. The van der Waals surface area contributed by atoms with E-state index in [1.54, 1.807) is 10.5 Å². The zero-order valence-corrected chi connectivity index (χ0v) is 15.7. The van der Waals surface area contributed by atoms with Crippen molar-refractivity contribution in [2.75, 3.05) is 18.8 Å². The molecule has 0 amide bonds. The Morgan fingerprint density at radius 3 is 2.64 bits per heavy atom. The highest BCUT2D eigenvalue weighted by atomic mass is 32.2. The highest BCUT2D eigenvalue weighted by molar-refractivity contribution is 7.89. The summed E-state index contributed by atoms with van der Waals surface area (Å²) in [6.45, 7) is 6.10. The van der Waals surface area contributed by atoms with Crippen LogP contribution < -0.4 is 0 Å². The molecular formula is C18H26N4O2S. The number of aromatic nitrogens is 3. The molecule has 0 radical (unpaired) electrons. The minimum Gasteiger partial charge on any atom is -0.328 e. The van der Waals surface area contributed by atoms with Crippen LogP contribution in [0.4, 0.5) is 0 Å². The van der Waals surface area contributed by atoms with E-state index in [2.05, 4.69) is 21.5 Å². The average Bonchev–Trinajstić information content (AvgIpc) is 2.97. The number of pyridine rings is 1. The van der Waals surface area contributed by atoms with Gasteiger partial charge in [0, 0.05) is 49.5 Å². The summed E-state index contributed by atoms with van der Waals surface area (Å²) in [5.41, 5.74) is 2.14. The minimum absolute atomic E-state index is 0.253. The fourth-order valence-electron chi connectivity index (χ4n) is 3.43. The molecule has 2 aromatic rings. The number of hydrogen-bond donors (Lipinski definition) is 0. The van der Waals surface area contributed by atoms with Crippen molar-refractivity contribution in [3.63, 3.8) is 0 Å². The summed E-state index contributed by atoms with van der Waals surface area (Å²) >= 11 is 0. The normalized spacial score (nSPS) is 17.0. The first-order chi connectivity index (χ1) is 12.0. The maximum atomic E-state index is 12.2. The first-order valence-electron chi connectivity index (χ1n) is 8.91. The van der Waals surface area contributed by atoms with Crippen molar-refractivity contribution in [3.05, 3.63) is 36.4 Å². The molecular weight excluding hydrogens is 336 g/mol. The summed E-state index contributed by atoms with van der Waals surface area (Å²) in [5, 5.41) is 0. The number of aryl methyl sites for hydroxylation is 1. The molecule has 0 N–H and O–H groups in total. The van der Waals surface area contributed by atoms with Gasteiger partial charge in [0.2, 0.25) is 10.0 Å². The molecule has 3 heterocycles. The Labute approximate surface area is 150 Å². The number of nitrogens with zero attached hydrogens (tertiary/aromatic N) is 4. The van der Waals surface area contributed by atoms with Crippen LogP contribution in [-0.2, 0) is 16.6 Å². The molecule has 0 bridgehead atoms. The zero-order valence-electron chi connectivity index (χ0n) is 14.9. The SMILES string of the molecule is CCCS(=O)(=O)N1CCC(Cn2c(C)cnc2-c2cccnc2)CC1. The van der Waals surface area contributed by atoms with Gasteiger partial charge in [-0.3, -0.25) is 4.98 Å². The topological polar surface area (TPSA) is 68.1 Å². The van der Waals surface area contributed by atoms with Gasteiger partial charge in [-0.05, 0) is 44.2 Å². The standard InChI is InChI=1S/C18H26N4O2S/c1-3-11-25(23,24)21-9-6-16(7-10-21)14-22-15(2)12-20-18(22)17-5-4-8-19-13-17/h4-5,8,12-13,16H,3,6-7,9-11,14H2,1-2H3. The molecule has 2 aromatic heterocycles. The van der Waals surface area contributed by atoms with Gasteiger partial charge >= 0.3 is 0 Å². The molecule has 1 saturated heterocycles. The van der Waals surface area contributed by atoms with Crippen molar-refractivity contribution < 1.29 is 8.42 Å². The van der Waals surface area contributed by atoms with Crippen LogP contribution in [0.15, 0.2) is 30.7 Å². The van der Waals surface area contributed by atoms with Crippen LogP contribution in [-0.4, -0.2) is 46.1 Å². The van der Waals surface area contributed by atoms with Crippen molar-refractivity contribution in [1.82, 2.24) is 18.8 Å². The van der Waals surface area contributed by atoms with E-state index in [0.29, 0.717) is 25.4 Å². The van der Waals surface area contributed by atoms with Crippen molar-refractivity contribution in [2.45, 2.75) is 39.7 Å². The minimum atomic E-state index is -3.07. The predicted molar refractivity (Wildman–Crippen MR) is 98.6 cm³/mol. The molecule has 0 unspecified atom stereocenters. The lowest BCUT2D eigenvalue weighted by atomic mass is 9.98. The van der Waals surface area contributed by atoms with Gasteiger partial charge in [-0.25, -0.2) is 17.7 Å². The van der Waals surface area contributed by atoms with Crippen LogP contribution in [0, 0.1) is 12.8 Å². The van der Waals surface area contributed by atoms with Gasteiger partial charge in [0.1, 0.15) is 5.82 Å². The monoisotopic (exact) mass is 362 g/mol. The highest BCUT2D eigenvalue weighted by Gasteiger charge is 2.28. The summed E-state index contributed by atoms with van der Waals surface area (Å²) in [7, 11) is -3.07. The number of sulfonamides is 1. The van der Waals surface area contributed by atoms with Crippen LogP contribution in [0.2, 0.25) is 0 Å². The van der Waals surface area contributed by atoms with E-state index >= 15 is 0 Å². The second kappa shape index (κ2) is 7.66. The lowest BCUT2D eigenvalue weighted by Gasteiger charge is -2.31. The zero-order chi connectivity index (χ0) is 17.9. The lowest BCUT2D eigenvalue weighted by molar-refractivity contribution is 0.252. The van der Waals surface area contributed by atoms with E-state index < -0.39 is 10.0 Å². The maximum Gasteiger partial charge on any atom is 0.214 e. The van der Waals surface area contributed by atoms with Crippen molar-refractivity contribution in [1.29, 1.82) is 0 Å². The third kappa shape index (κ3) is 4.10. The molecule has 1 aliphatic heterocycles. The fourth-order valence-corrected chi connectivity index (χ4v) is 4.97. The van der Waals surface area contributed by atoms with Crippen molar-refractivity contribution >= 4 is 10.0 Å². The Morgan fingerprint density at radius 2 is 2.00 bits per heavy atom. The van der Waals surface area contributed by atoms with Crippen LogP contribution in [0.5, 0.6) is 0 Å². The molecule has 25 heavy (non-hydrogen) atoms. The van der Waals surface area contributed by atoms with Gasteiger partial charge in [0.15, 0.2) is 0 Å². The third-order valence-electron chi connectivity index (χ3n) is 4.84. The fraction of sp³-hybridized carbons (Fsp3) is 0.556. The van der Waals surface area contributed by atoms with Gasteiger partial charge in [-0.2, -0.15) is 0 Å². The first-order valence-corrected chi connectivity index (χ1v) is 10.5. The second-order valence-electron chi connectivity index (χ2n) is 6.73. The van der Waals surface area contributed by atoms with Crippen molar-refractivity contribution in [2.24, 2.45) is 5.92 Å². The Balaban J connectivity index is 1.68. The van der Waals surface area contributed by atoms with E-state index in [1.807, 2.05) is 31.5 Å². The Morgan fingerprint density at radius 1 is 1.24 bits per heavy atom. The van der Waals surface area contributed by atoms with E-state index in [1.165, 1.54) is 0 Å². The largest absolute Gasteiger partial charge is 0.328 e. The summed E-state index contributed by atoms with van der Waals surface area (Å²) in [6, 6.07) is 3.94. The maximum absolute atomic E-state index is 12.2. The summed E-state index contributed by atoms with van der Waals surface area (Å²) in [5.74, 6) is 1.66. The molecule has 1 fully saturated rings. The number of imidazole rings is 1. The van der Waals surface area contributed by atoms with Gasteiger partial charge in [-0.1, -0.05) is 6.92 Å². The molecule has 7 heteroatoms. The molecule has 0 aromatic carbocycles. The average molecular weight is 362 g/mol. The first kappa shape index (κ1) is 18.1. The van der Waals surface area contributed by atoms with Crippen LogP contribution >= 0.6 is 0 Å². The van der Waals surface area contributed by atoms with E-state index in [0.717, 1.165) is 36.5 Å². The second-order valence-corrected chi connectivity index (χ2v) is 8.82. The number of hydrogen-bond acceptors (Lipinski definition) is 4. The molecule has 136 valence electrons. The van der Waals surface area contributed by atoms with Crippen LogP contribution in [0.1, 0.15) is 31.9 Å². The smallest absolute Gasteiger partial charge is 0.214 e. The highest BCUT2D eigenvalue weighted by Crippen LogP contribution is 2.25. The predicted octanol–water partition coefficient (Wildman–Crippen LogP) is 2.71. The van der Waals surface area contributed by atoms with Gasteiger partial charge in [-0.15, -0.1) is 0 Å². The summed E-state index contributed by atoms with van der Waals surface area (Å²) < 4.78 is 28.3. The van der Waals surface area contributed by atoms with E-state index in [4.69, 9.17) is 0 Å². The quantitative estimate of drug-likeness (QED) is 0.792. The Hall–Kier alpha value is -1.73. The Kier molecular flexibility index (Phi) is 5.54. The van der Waals surface area contributed by atoms with Crippen LogP contribution in [0.25, 0.3) is 11.4 Å². The lowest BCUT2D eigenvalue weighted by Crippen LogP contribution is -2.40. The molecule has 0 saturated carbocycles. The van der Waals surface area contributed by atoms with E-state index in [9.17, 15) is 8.42 Å². The summed E-state index contributed by atoms with van der Waals surface area (Å²) in [6.07, 6.45) is 7.95. The Bertz CT molecular complexity index is 794. The number of rotatable bonds is 6. The third-order valence-corrected chi connectivity index (χ3v) is 6.92. The summed E-state index contributed by atoms with van der Waals surface area (Å²) in [4.78, 5) is 8.73. The molecule has 0 spiro atoms. The molecule has 3 rings (SSSR count). The van der Waals surface area contributed by atoms with Gasteiger partial charge in [0.05, 0.1) is 5.75 Å². The molecule has 6 nitrogen and oxygen atoms in total. The molecule has 1 aliphatic rings. The van der Waals surface area contributed by atoms with Crippen LogP contribution in [0.3, 0.4) is 0 Å². The van der Waals surface area contributed by atoms with E-state index in [-0.39, 0.29) is 5.75 Å². The number of piperidine rings is 1. The molecule has 0 atom stereocenters. The van der Waals surface area contributed by atoms with Crippen molar-refractivity contribution in [3.8, 4) is 11.4 Å². The van der Waals surface area contributed by atoms with Gasteiger partial charge in [0.25, 0.3) is 0 Å².